The van der Waals surface area contributed by atoms with Gasteiger partial charge in [-0.1, -0.05) is 0 Å². The summed E-state index contributed by atoms with van der Waals surface area (Å²) >= 11 is 0. The largest absolute Gasteiger partial charge is 0.467 e. The Kier molecular flexibility index (Phi) is 4.85. The molecule has 0 fully saturated rings. The fourth-order valence-electron chi connectivity index (χ4n) is 1.49. The molecule has 0 saturated heterocycles. The Morgan fingerprint density at radius 2 is 2.13 bits per heavy atom. The van der Waals surface area contributed by atoms with Gasteiger partial charge in [0.15, 0.2) is 0 Å². The van der Waals surface area contributed by atoms with E-state index in [1.165, 1.54) is 5.56 Å². The van der Waals surface area contributed by atoms with E-state index in [0.717, 1.165) is 18.9 Å². The second-order valence-electron chi connectivity index (χ2n) is 4.06. The van der Waals surface area contributed by atoms with Crippen molar-refractivity contribution in [2.75, 3.05) is 13.2 Å². The molecule has 0 aliphatic carbocycles. The summed E-state index contributed by atoms with van der Waals surface area (Å²) in [5, 5.41) is 3.36. The van der Waals surface area contributed by atoms with Crippen molar-refractivity contribution in [3.8, 4) is 0 Å². The number of hydrogen-bond acceptors (Lipinski definition) is 3. The molecule has 15 heavy (non-hydrogen) atoms. The minimum atomic E-state index is 0.246. The molecule has 1 atom stereocenters. The van der Waals surface area contributed by atoms with Gasteiger partial charge < -0.3 is 14.5 Å². The van der Waals surface area contributed by atoms with E-state index in [4.69, 9.17) is 9.15 Å². The Balaban J connectivity index is 2.25. The fraction of sp³-hybridized carbons (Fsp3) is 0.667. The highest BCUT2D eigenvalue weighted by Gasteiger charge is 2.10. The molecule has 3 nitrogen and oxygen atoms in total. The van der Waals surface area contributed by atoms with Crippen LogP contribution >= 0.6 is 0 Å². The highest BCUT2D eigenvalue weighted by atomic mass is 16.5. The maximum Gasteiger partial charge on any atom is 0.123 e. The molecule has 0 saturated carbocycles. The van der Waals surface area contributed by atoms with E-state index < -0.39 is 0 Å². The number of hydrogen-bond donors (Lipinski definition) is 1. The van der Waals surface area contributed by atoms with Gasteiger partial charge in [-0.3, -0.25) is 0 Å². The average molecular weight is 211 g/mol. The van der Waals surface area contributed by atoms with Crippen LogP contribution in [-0.4, -0.2) is 19.3 Å². The molecule has 0 radical (unpaired) electrons. The van der Waals surface area contributed by atoms with E-state index in [9.17, 15) is 0 Å². The molecule has 1 heterocycles. The Morgan fingerprint density at radius 1 is 1.40 bits per heavy atom. The molecule has 1 aromatic heterocycles. The number of ether oxygens (including phenoxy) is 1. The summed E-state index contributed by atoms with van der Waals surface area (Å²) < 4.78 is 10.8. The third kappa shape index (κ3) is 4.06. The minimum absolute atomic E-state index is 0.246. The van der Waals surface area contributed by atoms with Gasteiger partial charge in [-0.15, -0.1) is 0 Å². The summed E-state index contributed by atoms with van der Waals surface area (Å²) in [4.78, 5) is 0. The minimum Gasteiger partial charge on any atom is -0.467 e. The second kappa shape index (κ2) is 5.93. The van der Waals surface area contributed by atoms with Gasteiger partial charge in [0.2, 0.25) is 0 Å². The first-order chi connectivity index (χ1) is 7.11. The third-order valence-corrected chi connectivity index (χ3v) is 2.30. The molecule has 86 valence electrons. The molecule has 1 unspecified atom stereocenters. The lowest BCUT2D eigenvalue weighted by Crippen LogP contribution is -2.24. The van der Waals surface area contributed by atoms with Crippen molar-refractivity contribution in [1.29, 1.82) is 0 Å². The molecule has 0 aliphatic heterocycles. The quantitative estimate of drug-likeness (QED) is 0.735. The van der Waals surface area contributed by atoms with Crippen LogP contribution in [0.2, 0.25) is 0 Å². The standard InChI is InChI=1S/C12H21NO2/c1-9(2)14-8-6-13-11(4)12-10(3)5-7-15-12/h5,7,9,11,13H,6,8H2,1-4H3. The van der Waals surface area contributed by atoms with E-state index in [1.54, 1.807) is 6.26 Å². The van der Waals surface area contributed by atoms with E-state index in [0.29, 0.717) is 6.10 Å². The van der Waals surface area contributed by atoms with Gasteiger partial charge in [0.25, 0.3) is 0 Å². The number of furan rings is 1. The van der Waals surface area contributed by atoms with Gasteiger partial charge in [-0.2, -0.15) is 0 Å². The summed E-state index contributed by atoms with van der Waals surface area (Å²) in [6.07, 6.45) is 2.03. The first-order valence-corrected chi connectivity index (χ1v) is 5.50. The van der Waals surface area contributed by atoms with Gasteiger partial charge in [0.05, 0.1) is 25.0 Å². The molecule has 1 aromatic rings. The monoisotopic (exact) mass is 211 g/mol. The summed E-state index contributed by atoms with van der Waals surface area (Å²) in [5.41, 5.74) is 1.19. The zero-order valence-electron chi connectivity index (χ0n) is 10.0. The molecule has 0 aliphatic rings. The fourth-order valence-corrected chi connectivity index (χ4v) is 1.49. The van der Waals surface area contributed by atoms with Crippen molar-refractivity contribution in [3.05, 3.63) is 23.7 Å². The van der Waals surface area contributed by atoms with Crippen molar-refractivity contribution in [3.63, 3.8) is 0 Å². The SMILES string of the molecule is Cc1ccoc1C(C)NCCOC(C)C. The predicted octanol–water partition coefficient (Wildman–Crippen LogP) is 2.66. The average Bonchev–Trinajstić information content (AvgIpc) is 2.58. The van der Waals surface area contributed by atoms with E-state index >= 15 is 0 Å². The molecule has 0 aromatic carbocycles. The van der Waals surface area contributed by atoms with E-state index in [-0.39, 0.29) is 6.04 Å². The van der Waals surface area contributed by atoms with Crippen LogP contribution in [0.1, 0.15) is 38.1 Å². The van der Waals surface area contributed by atoms with Crippen LogP contribution in [0.15, 0.2) is 16.7 Å². The Bertz CT molecular complexity index is 281. The van der Waals surface area contributed by atoms with Gasteiger partial charge in [0, 0.05) is 6.54 Å². The molecular weight excluding hydrogens is 190 g/mol. The topological polar surface area (TPSA) is 34.4 Å². The van der Waals surface area contributed by atoms with Gasteiger partial charge in [-0.05, 0) is 39.3 Å². The van der Waals surface area contributed by atoms with Crippen molar-refractivity contribution in [2.24, 2.45) is 0 Å². The van der Waals surface area contributed by atoms with Crippen LogP contribution in [-0.2, 0) is 4.74 Å². The number of aryl methyl sites for hydroxylation is 1. The smallest absolute Gasteiger partial charge is 0.123 e. The second-order valence-corrected chi connectivity index (χ2v) is 4.06. The van der Waals surface area contributed by atoms with Gasteiger partial charge in [-0.25, -0.2) is 0 Å². The summed E-state index contributed by atoms with van der Waals surface area (Å²) in [6.45, 7) is 9.82. The molecule has 3 heteroatoms. The Morgan fingerprint density at radius 3 is 2.67 bits per heavy atom. The van der Waals surface area contributed by atoms with Crippen LogP contribution in [0.5, 0.6) is 0 Å². The first-order valence-electron chi connectivity index (χ1n) is 5.50. The van der Waals surface area contributed by atoms with E-state index in [2.05, 4.69) is 19.2 Å². The van der Waals surface area contributed by atoms with Crippen LogP contribution in [0.4, 0.5) is 0 Å². The molecule has 0 spiro atoms. The lowest BCUT2D eigenvalue weighted by molar-refractivity contribution is 0.0792. The number of nitrogens with one attached hydrogen (secondary N) is 1. The summed E-state index contributed by atoms with van der Waals surface area (Å²) in [7, 11) is 0. The van der Waals surface area contributed by atoms with Crippen molar-refractivity contribution in [2.45, 2.75) is 39.8 Å². The lowest BCUT2D eigenvalue weighted by atomic mass is 10.2. The Hall–Kier alpha value is -0.800. The van der Waals surface area contributed by atoms with E-state index in [1.807, 2.05) is 19.9 Å². The van der Waals surface area contributed by atoms with Gasteiger partial charge >= 0.3 is 0 Å². The lowest BCUT2D eigenvalue weighted by Gasteiger charge is -2.13. The normalized spacial score (nSPS) is 13.4. The zero-order chi connectivity index (χ0) is 11.3. The highest BCUT2D eigenvalue weighted by Crippen LogP contribution is 2.17. The Labute approximate surface area is 91.8 Å². The highest BCUT2D eigenvalue weighted by molar-refractivity contribution is 5.17. The van der Waals surface area contributed by atoms with Crippen LogP contribution in [0.25, 0.3) is 0 Å². The maximum atomic E-state index is 5.45. The molecule has 1 N–H and O–H groups in total. The van der Waals surface area contributed by atoms with Crippen molar-refractivity contribution < 1.29 is 9.15 Å². The molecular formula is C12H21NO2. The van der Waals surface area contributed by atoms with Crippen LogP contribution in [0.3, 0.4) is 0 Å². The summed E-state index contributed by atoms with van der Waals surface area (Å²) in [5.74, 6) is 1.01. The zero-order valence-corrected chi connectivity index (χ0v) is 10.0. The van der Waals surface area contributed by atoms with Crippen LogP contribution < -0.4 is 5.32 Å². The maximum absolute atomic E-state index is 5.45. The van der Waals surface area contributed by atoms with Crippen molar-refractivity contribution >= 4 is 0 Å². The van der Waals surface area contributed by atoms with Gasteiger partial charge in [0.1, 0.15) is 5.76 Å². The first kappa shape index (κ1) is 12.3. The molecule has 1 rings (SSSR count). The third-order valence-electron chi connectivity index (χ3n) is 2.30. The molecule has 0 amide bonds. The van der Waals surface area contributed by atoms with Crippen LogP contribution in [0, 0.1) is 6.92 Å². The molecule has 0 bridgehead atoms. The van der Waals surface area contributed by atoms with Crippen molar-refractivity contribution in [1.82, 2.24) is 5.32 Å². The predicted molar refractivity (Wildman–Crippen MR) is 61.0 cm³/mol. The summed E-state index contributed by atoms with van der Waals surface area (Å²) in [6, 6.07) is 2.23. The number of rotatable bonds is 6.